The van der Waals surface area contributed by atoms with Crippen LogP contribution >= 0.6 is 0 Å². The quantitative estimate of drug-likeness (QED) is 0.590. The van der Waals surface area contributed by atoms with E-state index in [4.69, 9.17) is 9.84 Å². The fourth-order valence-corrected chi connectivity index (χ4v) is 1.52. The molecule has 0 saturated carbocycles. The van der Waals surface area contributed by atoms with E-state index in [0.717, 1.165) is 6.42 Å². The molecular formula is C10H22O3. The average molecular weight is 190 g/mol. The first kappa shape index (κ1) is 12.9. The Balaban J connectivity index is 3.58. The van der Waals surface area contributed by atoms with Crippen molar-refractivity contribution in [3.8, 4) is 0 Å². The molecule has 3 heteroatoms. The Morgan fingerprint density at radius 2 is 1.77 bits per heavy atom. The van der Waals surface area contributed by atoms with Gasteiger partial charge in [0.1, 0.15) is 0 Å². The summed E-state index contributed by atoms with van der Waals surface area (Å²) in [5, 5.41) is 17.9. The molecular weight excluding hydrogens is 168 g/mol. The van der Waals surface area contributed by atoms with E-state index in [1.165, 1.54) is 0 Å². The maximum atomic E-state index is 9.43. The monoisotopic (exact) mass is 190 g/mol. The van der Waals surface area contributed by atoms with Crippen molar-refractivity contribution in [2.45, 2.75) is 33.3 Å². The van der Waals surface area contributed by atoms with Gasteiger partial charge in [-0.2, -0.15) is 0 Å². The number of aliphatic hydroxyl groups excluding tert-OH is 2. The van der Waals surface area contributed by atoms with Gasteiger partial charge in [0.05, 0.1) is 19.3 Å². The summed E-state index contributed by atoms with van der Waals surface area (Å²) in [7, 11) is 0. The molecule has 13 heavy (non-hydrogen) atoms. The van der Waals surface area contributed by atoms with Gasteiger partial charge in [-0.1, -0.05) is 13.8 Å². The minimum absolute atomic E-state index is 0.0705. The van der Waals surface area contributed by atoms with Gasteiger partial charge in [-0.05, 0) is 25.2 Å². The molecule has 0 heterocycles. The molecule has 0 spiro atoms. The van der Waals surface area contributed by atoms with Gasteiger partial charge >= 0.3 is 0 Å². The van der Waals surface area contributed by atoms with E-state index in [-0.39, 0.29) is 12.7 Å². The lowest BCUT2D eigenvalue weighted by Gasteiger charge is -2.23. The Labute approximate surface area is 80.7 Å². The van der Waals surface area contributed by atoms with Crippen molar-refractivity contribution >= 4 is 0 Å². The standard InChI is InChI=1S/C10H22O3/c1-8(2)10(9(3)12)4-6-13-7-5-11/h8-12H,4-7H2,1-3H3. The molecule has 0 aromatic heterocycles. The zero-order chi connectivity index (χ0) is 10.3. The van der Waals surface area contributed by atoms with Gasteiger partial charge in [-0.15, -0.1) is 0 Å². The maximum Gasteiger partial charge on any atom is 0.0697 e. The summed E-state index contributed by atoms with van der Waals surface area (Å²) in [4.78, 5) is 0. The van der Waals surface area contributed by atoms with Crippen molar-refractivity contribution in [2.75, 3.05) is 19.8 Å². The topological polar surface area (TPSA) is 49.7 Å². The van der Waals surface area contributed by atoms with Gasteiger partial charge in [0.2, 0.25) is 0 Å². The molecule has 2 atom stereocenters. The zero-order valence-corrected chi connectivity index (χ0v) is 8.86. The molecule has 0 bridgehead atoms. The van der Waals surface area contributed by atoms with E-state index >= 15 is 0 Å². The van der Waals surface area contributed by atoms with Crippen LogP contribution in [0.4, 0.5) is 0 Å². The molecule has 0 aliphatic rings. The average Bonchev–Trinajstić information content (AvgIpc) is 2.02. The van der Waals surface area contributed by atoms with Crippen LogP contribution in [-0.4, -0.2) is 36.1 Å². The highest BCUT2D eigenvalue weighted by Gasteiger charge is 2.18. The lowest BCUT2D eigenvalue weighted by atomic mass is 9.88. The Morgan fingerprint density at radius 1 is 1.15 bits per heavy atom. The molecule has 3 nitrogen and oxygen atoms in total. The van der Waals surface area contributed by atoms with Crippen molar-refractivity contribution in [1.29, 1.82) is 0 Å². The van der Waals surface area contributed by atoms with Gasteiger partial charge in [-0.25, -0.2) is 0 Å². The first-order chi connectivity index (χ1) is 6.09. The van der Waals surface area contributed by atoms with E-state index in [9.17, 15) is 5.11 Å². The zero-order valence-electron chi connectivity index (χ0n) is 8.86. The van der Waals surface area contributed by atoms with Gasteiger partial charge in [0.25, 0.3) is 0 Å². The van der Waals surface area contributed by atoms with Crippen LogP contribution < -0.4 is 0 Å². The molecule has 0 aromatic rings. The number of hydrogen-bond acceptors (Lipinski definition) is 3. The lowest BCUT2D eigenvalue weighted by Crippen LogP contribution is -2.24. The third-order valence-corrected chi connectivity index (χ3v) is 2.31. The first-order valence-corrected chi connectivity index (χ1v) is 4.96. The normalized spacial score (nSPS) is 16.2. The highest BCUT2D eigenvalue weighted by Crippen LogP contribution is 2.19. The summed E-state index contributed by atoms with van der Waals surface area (Å²) in [6, 6.07) is 0. The molecule has 0 radical (unpaired) electrons. The van der Waals surface area contributed by atoms with Gasteiger partial charge in [0, 0.05) is 6.61 Å². The van der Waals surface area contributed by atoms with Crippen LogP contribution in [-0.2, 0) is 4.74 Å². The second kappa shape index (κ2) is 7.30. The maximum absolute atomic E-state index is 9.43. The Kier molecular flexibility index (Phi) is 7.23. The summed E-state index contributed by atoms with van der Waals surface area (Å²) >= 11 is 0. The molecule has 80 valence electrons. The molecule has 0 amide bonds. The van der Waals surface area contributed by atoms with Crippen LogP contribution in [0.5, 0.6) is 0 Å². The Morgan fingerprint density at radius 3 is 2.15 bits per heavy atom. The second-order valence-corrected chi connectivity index (χ2v) is 3.77. The molecule has 0 rings (SSSR count). The summed E-state index contributed by atoms with van der Waals surface area (Å²) in [5.41, 5.74) is 0. The number of hydrogen-bond donors (Lipinski definition) is 2. The predicted molar refractivity (Wildman–Crippen MR) is 52.5 cm³/mol. The summed E-state index contributed by atoms with van der Waals surface area (Å²) in [6.07, 6.45) is 0.577. The SMILES string of the molecule is CC(C)C(CCOCCO)C(C)O. The van der Waals surface area contributed by atoms with Crippen molar-refractivity contribution in [1.82, 2.24) is 0 Å². The van der Waals surface area contributed by atoms with Gasteiger partial charge < -0.3 is 14.9 Å². The molecule has 0 fully saturated rings. The number of aliphatic hydroxyl groups is 2. The van der Waals surface area contributed by atoms with Crippen LogP contribution in [0.1, 0.15) is 27.2 Å². The van der Waals surface area contributed by atoms with Crippen LogP contribution in [0.3, 0.4) is 0 Å². The van der Waals surface area contributed by atoms with E-state index in [1.54, 1.807) is 0 Å². The predicted octanol–water partition coefficient (Wildman–Crippen LogP) is 1.04. The smallest absolute Gasteiger partial charge is 0.0697 e. The van der Waals surface area contributed by atoms with Crippen molar-refractivity contribution in [3.05, 3.63) is 0 Å². The summed E-state index contributed by atoms with van der Waals surface area (Å²) < 4.78 is 5.15. The Bertz CT molecular complexity index is 105. The lowest BCUT2D eigenvalue weighted by molar-refractivity contribution is 0.0435. The third kappa shape index (κ3) is 6.02. The van der Waals surface area contributed by atoms with Gasteiger partial charge in [-0.3, -0.25) is 0 Å². The minimum atomic E-state index is -0.280. The van der Waals surface area contributed by atoms with Crippen molar-refractivity contribution in [3.63, 3.8) is 0 Å². The third-order valence-electron chi connectivity index (χ3n) is 2.31. The van der Waals surface area contributed by atoms with Crippen LogP contribution in [0.25, 0.3) is 0 Å². The number of ether oxygens (including phenoxy) is 1. The molecule has 0 aliphatic carbocycles. The fraction of sp³-hybridized carbons (Fsp3) is 1.00. The molecule has 0 aliphatic heterocycles. The van der Waals surface area contributed by atoms with E-state index in [1.807, 2.05) is 6.92 Å². The van der Waals surface area contributed by atoms with E-state index in [2.05, 4.69) is 13.8 Å². The van der Waals surface area contributed by atoms with Crippen molar-refractivity contribution < 1.29 is 14.9 Å². The molecule has 2 N–H and O–H groups in total. The van der Waals surface area contributed by atoms with E-state index in [0.29, 0.717) is 25.0 Å². The van der Waals surface area contributed by atoms with Crippen LogP contribution in [0, 0.1) is 11.8 Å². The largest absolute Gasteiger partial charge is 0.394 e. The van der Waals surface area contributed by atoms with E-state index < -0.39 is 0 Å². The Hall–Kier alpha value is -0.120. The second-order valence-electron chi connectivity index (χ2n) is 3.77. The molecule has 0 aromatic carbocycles. The number of rotatable bonds is 7. The summed E-state index contributed by atoms with van der Waals surface area (Å²) in [5.74, 6) is 0.761. The highest BCUT2D eigenvalue weighted by atomic mass is 16.5. The van der Waals surface area contributed by atoms with Crippen LogP contribution in [0.2, 0.25) is 0 Å². The summed E-state index contributed by atoms with van der Waals surface area (Å²) in [6.45, 7) is 7.10. The molecule has 2 unspecified atom stereocenters. The first-order valence-electron chi connectivity index (χ1n) is 4.96. The van der Waals surface area contributed by atoms with Crippen molar-refractivity contribution in [2.24, 2.45) is 11.8 Å². The fourth-order valence-electron chi connectivity index (χ4n) is 1.52. The minimum Gasteiger partial charge on any atom is -0.394 e. The molecule has 0 saturated heterocycles. The van der Waals surface area contributed by atoms with Gasteiger partial charge in [0.15, 0.2) is 0 Å². The highest BCUT2D eigenvalue weighted by molar-refractivity contribution is 4.68. The van der Waals surface area contributed by atoms with Crippen LogP contribution in [0.15, 0.2) is 0 Å².